The van der Waals surface area contributed by atoms with Gasteiger partial charge in [-0.1, -0.05) is 11.6 Å². The van der Waals surface area contributed by atoms with Gasteiger partial charge in [0.05, 0.1) is 12.8 Å². The van der Waals surface area contributed by atoms with Crippen LogP contribution >= 0.6 is 27.5 Å². The molecule has 0 amide bonds. The van der Waals surface area contributed by atoms with E-state index in [9.17, 15) is 0 Å². The second kappa shape index (κ2) is 5.63. The molecule has 0 radical (unpaired) electrons. The highest BCUT2D eigenvalue weighted by atomic mass is 79.9. The number of rotatable bonds is 3. The van der Waals surface area contributed by atoms with Crippen LogP contribution in [0.5, 0.6) is 5.88 Å². The number of ether oxygens (including phenoxy) is 1. The Labute approximate surface area is 124 Å². The number of halogens is 2. The molecule has 0 aliphatic rings. The van der Waals surface area contributed by atoms with Crippen LogP contribution < -0.4 is 15.8 Å². The van der Waals surface area contributed by atoms with Gasteiger partial charge >= 0.3 is 0 Å². The highest BCUT2D eigenvalue weighted by molar-refractivity contribution is 9.10. The van der Waals surface area contributed by atoms with Crippen molar-refractivity contribution in [2.24, 2.45) is 0 Å². The van der Waals surface area contributed by atoms with Crippen LogP contribution in [0, 0.1) is 6.92 Å². The Hall–Kier alpha value is -1.53. The summed E-state index contributed by atoms with van der Waals surface area (Å²) in [6.07, 6.45) is 1.38. The van der Waals surface area contributed by atoms with Crippen LogP contribution in [-0.4, -0.2) is 17.1 Å². The fraction of sp³-hybridized carbons (Fsp3) is 0.167. The van der Waals surface area contributed by atoms with E-state index in [-0.39, 0.29) is 0 Å². The van der Waals surface area contributed by atoms with Crippen molar-refractivity contribution < 1.29 is 4.74 Å². The van der Waals surface area contributed by atoms with E-state index in [0.29, 0.717) is 22.4 Å². The fourth-order valence-corrected chi connectivity index (χ4v) is 2.23. The summed E-state index contributed by atoms with van der Waals surface area (Å²) in [5.74, 6) is 0.791. The average Bonchev–Trinajstić information content (AvgIpc) is 2.38. The van der Waals surface area contributed by atoms with Crippen LogP contribution in [0.4, 0.5) is 17.2 Å². The normalized spacial score (nSPS) is 10.3. The van der Waals surface area contributed by atoms with E-state index in [1.807, 2.05) is 13.0 Å². The molecule has 100 valence electrons. The molecule has 0 aliphatic carbocycles. The van der Waals surface area contributed by atoms with E-state index in [1.165, 1.54) is 13.4 Å². The van der Waals surface area contributed by atoms with Gasteiger partial charge in [-0.3, -0.25) is 0 Å². The van der Waals surface area contributed by atoms with Gasteiger partial charge in [-0.15, -0.1) is 0 Å². The van der Waals surface area contributed by atoms with E-state index in [4.69, 9.17) is 22.1 Å². The van der Waals surface area contributed by atoms with E-state index in [1.54, 1.807) is 6.07 Å². The van der Waals surface area contributed by atoms with Crippen molar-refractivity contribution in [3.8, 4) is 5.88 Å². The largest absolute Gasteiger partial charge is 0.479 e. The van der Waals surface area contributed by atoms with E-state index >= 15 is 0 Å². The predicted octanol–water partition coefficient (Wildman–Crippen LogP) is 3.54. The zero-order valence-electron chi connectivity index (χ0n) is 10.4. The summed E-state index contributed by atoms with van der Waals surface area (Å²) < 4.78 is 5.91. The lowest BCUT2D eigenvalue weighted by molar-refractivity contribution is 0.399. The molecule has 2 rings (SSSR count). The Balaban J connectivity index is 2.39. The second-order valence-electron chi connectivity index (χ2n) is 3.85. The third-order valence-corrected chi connectivity index (χ3v) is 3.61. The molecule has 2 aromatic rings. The zero-order valence-corrected chi connectivity index (χ0v) is 12.7. The van der Waals surface area contributed by atoms with Crippen molar-refractivity contribution in [3.05, 3.63) is 33.5 Å². The first-order chi connectivity index (χ1) is 9.02. The lowest BCUT2D eigenvalue weighted by atomic mass is 10.2. The quantitative estimate of drug-likeness (QED) is 0.892. The number of nitrogens with one attached hydrogen (secondary N) is 1. The molecule has 0 atom stereocenters. The Bertz CT molecular complexity index is 621. The van der Waals surface area contributed by atoms with Crippen LogP contribution in [0.2, 0.25) is 5.02 Å². The number of nitrogen functional groups attached to an aromatic ring is 1. The standard InChI is InChI=1S/C12H12BrClN4O/c1-6-3-7(13)9(4-8(6)14)18-11-10(15)12(19-2)17-5-16-11/h3-5H,15H2,1-2H3,(H,16,17,18). The van der Waals surface area contributed by atoms with Crippen molar-refractivity contribution in [3.63, 3.8) is 0 Å². The molecule has 3 N–H and O–H groups in total. The first-order valence-corrected chi connectivity index (χ1v) is 6.57. The minimum atomic E-state index is 0.326. The summed E-state index contributed by atoms with van der Waals surface area (Å²) in [5.41, 5.74) is 7.99. The highest BCUT2D eigenvalue weighted by Gasteiger charge is 2.11. The molecule has 19 heavy (non-hydrogen) atoms. The molecule has 0 aliphatic heterocycles. The number of anilines is 3. The Morgan fingerprint density at radius 2 is 2.11 bits per heavy atom. The number of nitrogens with zero attached hydrogens (tertiary/aromatic N) is 2. The Kier molecular flexibility index (Phi) is 4.11. The average molecular weight is 344 g/mol. The molecule has 1 heterocycles. The van der Waals surface area contributed by atoms with E-state index < -0.39 is 0 Å². The number of aromatic nitrogens is 2. The first-order valence-electron chi connectivity index (χ1n) is 5.40. The van der Waals surface area contributed by atoms with Crippen LogP contribution in [0.1, 0.15) is 5.56 Å². The van der Waals surface area contributed by atoms with Gasteiger partial charge in [0.25, 0.3) is 0 Å². The lowest BCUT2D eigenvalue weighted by Crippen LogP contribution is -2.03. The van der Waals surface area contributed by atoms with Crippen molar-refractivity contribution in [2.75, 3.05) is 18.2 Å². The molecule has 0 saturated carbocycles. The van der Waals surface area contributed by atoms with Crippen LogP contribution in [0.25, 0.3) is 0 Å². The summed E-state index contributed by atoms with van der Waals surface area (Å²) in [7, 11) is 1.50. The zero-order chi connectivity index (χ0) is 14.0. The van der Waals surface area contributed by atoms with Crippen molar-refractivity contribution in [1.29, 1.82) is 0 Å². The van der Waals surface area contributed by atoms with Gasteiger partial charge in [0.2, 0.25) is 5.88 Å². The lowest BCUT2D eigenvalue weighted by Gasteiger charge is -2.12. The predicted molar refractivity (Wildman–Crippen MR) is 80.2 cm³/mol. The van der Waals surface area contributed by atoms with Gasteiger partial charge in [-0.2, -0.15) is 4.98 Å². The van der Waals surface area contributed by atoms with Gasteiger partial charge in [-0.25, -0.2) is 4.98 Å². The molecule has 0 unspecified atom stereocenters. The van der Waals surface area contributed by atoms with Crippen LogP contribution in [0.3, 0.4) is 0 Å². The molecule has 7 heteroatoms. The molecule has 1 aromatic carbocycles. The number of methoxy groups -OCH3 is 1. The maximum atomic E-state index is 6.10. The van der Waals surface area contributed by atoms with Crippen molar-refractivity contribution in [1.82, 2.24) is 9.97 Å². The Morgan fingerprint density at radius 1 is 1.37 bits per heavy atom. The SMILES string of the molecule is COc1ncnc(Nc2cc(Cl)c(C)cc2Br)c1N. The van der Waals surface area contributed by atoms with E-state index in [2.05, 4.69) is 31.2 Å². The molecule has 0 fully saturated rings. The number of nitrogens with two attached hydrogens (primary N) is 1. The summed E-state index contributed by atoms with van der Waals surface area (Å²) in [6.45, 7) is 1.93. The van der Waals surface area contributed by atoms with Gasteiger partial charge in [0, 0.05) is 9.50 Å². The number of hydrogen-bond acceptors (Lipinski definition) is 5. The number of benzene rings is 1. The Morgan fingerprint density at radius 3 is 2.79 bits per heavy atom. The molecule has 0 saturated heterocycles. The molecule has 0 bridgehead atoms. The second-order valence-corrected chi connectivity index (χ2v) is 5.11. The highest BCUT2D eigenvalue weighted by Crippen LogP contribution is 2.33. The minimum absolute atomic E-state index is 0.326. The molecular formula is C12H12BrClN4O. The summed E-state index contributed by atoms with van der Waals surface area (Å²) in [5, 5.41) is 3.75. The third-order valence-electron chi connectivity index (χ3n) is 2.54. The third kappa shape index (κ3) is 2.90. The summed E-state index contributed by atoms with van der Waals surface area (Å²) >= 11 is 9.56. The van der Waals surface area contributed by atoms with Gasteiger partial charge in [0.1, 0.15) is 12.0 Å². The number of aryl methyl sites for hydroxylation is 1. The first kappa shape index (κ1) is 13.9. The minimum Gasteiger partial charge on any atom is -0.479 e. The fourth-order valence-electron chi connectivity index (χ4n) is 1.51. The van der Waals surface area contributed by atoms with Crippen molar-refractivity contribution in [2.45, 2.75) is 6.92 Å². The maximum Gasteiger partial charge on any atom is 0.242 e. The topological polar surface area (TPSA) is 73.1 Å². The number of hydrogen-bond donors (Lipinski definition) is 2. The summed E-state index contributed by atoms with van der Waals surface area (Å²) in [6, 6.07) is 3.72. The van der Waals surface area contributed by atoms with Crippen molar-refractivity contribution >= 4 is 44.7 Å². The maximum absolute atomic E-state index is 6.10. The smallest absolute Gasteiger partial charge is 0.242 e. The van der Waals surface area contributed by atoms with Gasteiger partial charge < -0.3 is 15.8 Å². The van der Waals surface area contributed by atoms with Gasteiger partial charge in [0.15, 0.2) is 5.82 Å². The molecule has 1 aromatic heterocycles. The summed E-state index contributed by atoms with van der Waals surface area (Å²) in [4.78, 5) is 8.00. The molecular weight excluding hydrogens is 332 g/mol. The monoisotopic (exact) mass is 342 g/mol. The van der Waals surface area contributed by atoms with E-state index in [0.717, 1.165) is 15.7 Å². The van der Waals surface area contributed by atoms with Gasteiger partial charge in [-0.05, 0) is 40.5 Å². The van der Waals surface area contributed by atoms with Crippen LogP contribution in [-0.2, 0) is 0 Å². The molecule has 5 nitrogen and oxygen atoms in total. The molecule has 0 spiro atoms. The van der Waals surface area contributed by atoms with Crippen LogP contribution in [0.15, 0.2) is 22.9 Å².